The third-order valence-electron chi connectivity index (χ3n) is 29.1. The highest BCUT2D eigenvalue weighted by Gasteiger charge is 2.47. The lowest BCUT2D eigenvalue weighted by atomic mass is 9.33. The summed E-state index contributed by atoms with van der Waals surface area (Å²) in [7, 11) is 0. The highest BCUT2D eigenvalue weighted by Crippen LogP contribution is 2.57. The predicted molar refractivity (Wildman–Crippen MR) is 576 cm³/mol. The quantitative estimate of drug-likeness (QED) is 0.113. The Kier molecular flexibility index (Phi) is 17.7. The molecule has 135 heavy (non-hydrogen) atoms. The van der Waals surface area contributed by atoms with E-state index < -0.39 is 5.41 Å². The van der Waals surface area contributed by atoms with Gasteiger partial charge in [0.25, 0.3) is 6.71 Å². The normalized spacial score (nSPS) is 12.5. The van der Waals surface area contributed by atoms with E-state index in [9.17, 15) is 0 Å². The van der Waals surface area contributed by atoms with Crippen LogP contribution >= 0.6 is 0 Å². The molecule has 0 aliphatic carbocycles. The van der Waals surface area contributed by atoms with Gasteiger partial charge in [-0.25, -0.2) is 0 Å². The Bertz CT molecular complexity index is 8580. The number of fused-ring (bicyclic) bond motifs is 18. The fraction of sp³-hybridized carbons (Fsp3) is 0.0308. The Morgan fingerprint density at radius 3 is 0.889 bits per heavy atom. The molecule has 0 bridgehead atoms. The Morgan fingerprint density at radius 2 is 0.504 bits per heavy atom. The first kappa shape index (κ1) is 77.8. The van der Waals surface area contributed by atoms with Crippen molar-refractivity contribution in [3.05, 3.63) is 479 Å². The second-order valence-corrected chi connectivity index (χ2v) is 37.7. The molecule has 0 amide bonds. The molecule has 0 unspecified atom stereocenters. The predicted octanol–water partition coefficient (Wildman–Crippen LogP) is 33.5. The Labute approximate surface area is 784 Å². The molecule has 5 heteroatoms. The largest absolute Gasteiger partial charge is 0.310 e. The van der Waals surface area contributed by atoms with E-state index in [-0.39, 0.29) is 6.71 Å². The Morgan fingerprint density at radius 1 is 0.193 bits per heavy atom. The lowest BCUT2D eigenvalue weighted by Crippen LogP contribution is -2.61. The van der Waals surface area contributed by atoms with Crippen LogP contribution in [0.25, 0.3) is 209 Å². The number of anilines is 6. The fourth-order valence-corrected chi connectivity index (χ4v) is 22.8. The van der Waals surface area contributed by atoms with Gasteiger partial charge in [0.05, 0.1) is 33.4 Å². The first-order valence-electron chi connectivity index (χ1n) is 47.1. The van der Waals surface area contributed by atoms with Crippen LogP contribution in [0.2, 0.25) is 0 Å². The molecule has 0 saturated heterocycles. The topological polar surface area (TPSA) is 16.3 Å². The summed E-state index contributed by atoms with van der Waals surface area (Å²) in [6.45, 7) is 6.90. The van der Waals surface area contributed by atoms with Crippen LogP contribution in [0.5, 0.6) is 0 Å². The zero-order valence-corrected chi connectivity index (χ0v) is 74.9. The van der Waals surface area contributed by atoms with Crippen molar-refractivity contribution in [2.75, 3.05) is 9.80 Å². The van der Waals surface area contributed by atoms with Gasteiger partial charge in [0.1, 0.15) is 0 Å². The van der Waals surface area contributed by atoms with Gasteiger partial charge < -0.3 is 18.9 Å². The summed E-state index contributed by atoms with van der Waals surface area (Å²) in [5.74, 6) is 0. The molecule has 4 nitrogen and oxygen atoms in total. The van der Waals surface area contributed by atoms with Crippen molar-refractivity contribution in [3.8, 4) is 100 Å². The van der Waals surface area contributed by atoms with Crippen LogP contribution in [0.1, 0.15) is 26.3 Å². The number of hydrogen-bond donors (Lipinski definition) is 0. The molecule has 2 aliphatic rings. The summed E-state index contributed by atoms with van der Waals surface area (Å²) in [6, 6.07) is 180. The molecule has 0 saturated carbocycles. The molecular formula is C130H87BN4. The van der Waals surface area contributed by atoms with Crippen molar-refractivity contribution < 1.29 is 0 Å². The molecule has 0 radical (unpaired) electrons. The average Bonchev–Trinajstić information content (AvgIpc) is 1.30. The minimum Gasteiger partial charge on any atom is -0.310 e. The van der Waals surface area contributed by atoms with Gasteiger partial charge in [0.15, 0.2) is 0 Å². The van der Waals surface area contributed by atoms with Gasteiger partial charge in [-0.05, 0) is 268 Å². The lowest BCUT2D eigenvalue weighted by Gasteiger charge is -2.46. The van der Waals surface area contributed by atoms with Gasteiger partial charge in [-0.3, -0.25) is 0 Å². The van der Waals surface area contributed by atoms with Gasteiger partial charge >= 0.3 is 0 Å². The second-order valence-electron chi connectivity index (χ2n) is 37.7. The van der Waals surface area contributed by atoms with E-state index in [2.05, 4.69) is 513 Å². The number of rotatable bonds is 12. The molecule has 23 aromatic carbocycles. The number of aromatic nitrogens is 2. The summed E-state index contributed by atoms with van der Waals surface area (Å²) in [5.41, 5.74) is 35.8. The highest BCUT2D eigenvalue weighted by molar-refractivity contribution is 7.00. The van der Waals surface area contributed by atoms with Crippen molar-refractivity contribution in [3.63, 3.8) is 0 Å². The average molecular weight is 1720 g/mol. The van der Waals surface area contributed by atoms with Crippen molar-refractivity contribution in [2.24, 2.45) is 0 Å². The number of hydrogen-bond acceptors (Lipinski definition) is 2. The maximum atomic E-state index is 2.76. The van der Waals surface area contributed by atoms with Crippen LogP contribution in [0.3, 0.4) is 0 Å². The van der Waals surface area contributed by atoms with Crippen molar-refractivity contribution in [2.45, 2.75) is 26.2 Å². The lowest BCUT2D eigenvalue weighted by molar-refractivity contribution is 0.590. The summed E-state index contributed by atoms with van der Waals surface area (Å²) in [4.78, 5) is 5.52. The zero-order chi connectivity index (χ0) is 89.3. The molecule has 0 atom stereocenters. The summed E-state index contributed by atoms with van der Waals surface area (Å²) in [6.07, 6.45) is 0. The van der Waals surface area contributed by atoms with Crippen LogP contribution in [-0.2, 0) is 5.41 Å². The fourth-order valence-electron chi connectivity index (χ4n) is 22.8. The third-order valence-corrected chi connectivity index (χ3v) is 29.1. The van der Waals surface area contributed by atoms with E-state index in [1.807, 2.05) is 0 Å². The van der Waals surface area contributed by atoms with E-state index in [0.717, 1.165) is 123 Å². The monoisotopic (exact) mass is 1710 g/mol. The molecular weight excluding hydrogens is 1630 g/mol. The highest BCUT2D eigenvalue weighted by atomic mass is 15.2. The summed E-state index contributed by atoms with van der Waals surface area (Å²) in [5, 5.41) is 19.4. The summed E-state index contributed by atoms with van der Waals surface area (Å²) >= 11 is 0. The maximum Gasteiger partial charge on any atom is 0.252 e. The molecule has 25 aromatic rings. The van der Waals surface area contributed by atoms with Crippen LogP contribution in [0.15, 0.2) is 473 Å². The van der Waals surface area contributed by atoms with Crippen molar-refractivity contribution in [1.29, 1.82) is 0 Å². The van der Waals surface area contributed by atoms with Crippen molar-refractivity contribution >= 4 is 165 Å². The van der Waals surface area contributed by atoms with E-state index in [4.69, 9.17) is 0 Å². The SMILES string of the molecule is CC(C)(C)c1cc2c3c(c1)N(c1c(-c4ccccc4)cc(-c4cccc5ccccc45)cc1-c1ccccc1)c1cc(-n4c5ccc(-c6ccc7ccccc7c6)cc5c5c6ccccc6ccc54)ccc1B3c1ccc(-n3c4ccc(-c5ccc6ccccc6c5)cc4c4c5ccccc5ccc43)cc1N2c1c(-c2ccccc2)cc(-c2cccc3ccccc23)cc1-c1ccccc1. The van der Waals surface area contributed by atoms with Crippen LogP contribution < -0.4 is 26.2 Å². The smallest absolute Gasteiger partial charge is 0.252 e. The number of benzene rings is 23. The van der Waals surface area contributed by atoms with Crippen LogP contribution in [-0.4, -0.2) is 15.8 Å². The van der Waals surface area contributed by atoms with Gasteiger partial charge in [-0.2, -0.15) is 0 Å². The van der Waals surface area contributed by atoms with Gasteiger partial charge in [-0.1, -0.05) is 385 Å². The van der Waals surface area contributed by atoms with Crippen LogP contribution in [0.4, 0.5) is 34.1 Å². The van der Waals surface area contributed by atoms with Crippen molar-refractivity contribution in [1.82, 2.24) is 9.13 Å². The number of nitrogens with zero attached hydrogens (tertiary/aromatic N) is 4. The van der Waals surface area contributed by atoms with Gasteiger partial charge in [0.2, 0.25) is 0 Å². The standard InChI is InChI=1S/C130H87BN4/c1-130(2,3)100-78-123-127-124(79-100)135(129-111(88-36-12-6-13-37-88)76-99(77-112(129)89-38-14-7-15-39-89)106-53-29-47-85-41-21-25-49-104(85)106)122-81-102(133-118-67-61-97(95-57-55-83-31-17-19-45-93(83)71-95)73-114(118)126-108-51-27-23-43-91(108)59-69-120(126)133)63-65-116(122)131(127)115-64-62-101(132-117-66-60-96(94-56-54-82-30-16-18-44-92(82)70-94)72-113(117)125-107-50-26-22-42-90(107)58-68-119(125)132)80-121(115)134(123)128-109(86-32-8-4-9-33-86)74-98(75-110(128)87-34-10-5-11-35-87)105-52-28-46-84-40-20-24-48-103(84)105/h4-81H,1-3H3. The molecule has 0 N–H and O–H groups in total. The second kappa shape index (κ2) is 30.8. The Balaban J connectivity index is 0.797. The van der Waals surface area contributed by atoms with E-state index in [0.29, 0.717) is 0 Å². The minimum atomic E-state index is -0.428. The Hall–Kier alpha value is -17.1. The van der Waals surface area contributed by atoms with Gasteiger partial charge in [-0.15, -0.1) is 0 Å². The van der Waals surface area contributed by atoms with Gasteiger partial charge in [0, 0.05) is 77.9 Å². The molecule has 2 aromatic heterocycles. The molecule has 27 rings (SSSR count). The molecule has 4 heterocycles. The minimum absolute atomic E-state index is 0.353. The maximum absolute atomic E-state index is 2.76. The summed E-state index contributed by atoms with van der Waals surface area (Å²) < 4.78 is 5.15. The third kappa shape index (κ3) is 12.5. The van der Waals surface area contributed by atoms with Crippen LogP contribution in [0, 0.1) is 0 Å². The van der Waals surface area contributed by atoms with E-state index >= 15 is 0 Å². The molecule has 2 aliphatic heterocycles. The van der Waals surface area contributed by atoms with E-state index in [1.54, 1.807) is 0 Å². The molecule has 0 spiro atoms. The first-order chi connectivity index (χ1) is 66.6. The molecule has 0 fully saturated rings. The molecule has 630 valence electrons. The zero-order valence-electron chi connectivity index (χ0n) is 74.9. The first-order valence-corrected chi connectivity index (χ1v) is 47.1. The van der Waals surface area contributed by atoms with E-state index in [1.165, 1.54) is 142 Å².